The van der Waals surface area contributed by atoms with Crippen LogP contribution in [0.15, 0.2) is 40.2 Å². The molecule has 3 aromatic heterocycles. The molecule has 1 aliphatic heterocycles. The van der Waals surface area contributed by atoms with Gasteiger partial charge in [0.05, 0.1) is 23.6 Å². The van der Waals surface area contributed by atoms with Gasteiger partial charge in [0, 0.05) is 26.1 Å². The molecule has 2 fully saturated rings. The molecule has 160 valence electrons. The highest BCUT2D eigenvalue weighted by atomic mass is 19.1. The van der Waals surface area contributed by atoms with Gasteiger partial charge in [0.15, 0.2) is 17.0 Å². The zero-order chi connectivity index (χ0) is 22.0. The van der Waals surface area contributed by atoms with Crippen LogP contribution in [0.25, 0.3) is 11.2 Å². The number of fused-ring (bicyclic) bond motifs is 2. The molecule has 1 aliphatic carbocycles. The molecule has 0 N–H and O–H groups in total. The standard InChI is InChI=1S/C21H17FN8O2/c1-28-9-24-20-18(28)21(31)30(10-25-20)8-16-26-19(27-32-16)17-12-6-29(7-13(12)17)15-3-2-11(5-23)4-14(15)22/h2-4,9-10,12-13,17H,6-8H2,1H3/t12-,13+,17?. The molecule has 0 bridgehead atoms. The summed E-state index contributed by atoms with van der Waals surface area (Å²) in [7, 11) is 1.74. The lowest BCUT2D eigenvalue weighted by Crippen LogP contribution is -2.24. The second kappa shape index (κ2) is 6.71. The van der Waals surface area contributed by atoms with E-state index in [0.29, 0.717) is 59.1 Å². The van der Waals surface area contributed by atoms with Crippen LogP contribution in [-0.2, 0) is 13.6 Å². The Balaban J connectivity index is 1.16. The Hall–Kier alpha value is -4.07. The zero-order valence-electron chi connectivity index (χ0n) is 17.0. The number of halogens is 1. The lowest BCUT2D eigenvalue weighted by Gasteiger charge is -2.22. The number of rotatable bonds is 4. The summed E-state index contributed by atoms with van der Waals surface area (Å²) in [6.45, 7) is 1.52. The third kappa shape index (κ3) is 2.80. The summed E-state index contributed by atoms with van der Waals surface area (Å²) in [4.78, 5) is 27.5. The highest BCUT2D eigenvalue weighted by Crippen LogP contribution is 2.58. The van der Waals surface area contributed by atoms with Crippen LogP contribution in [-0.4, -0.2) is 42.3 Å². The molecular weight excluding hydrogens is 415 g/mol. The van der Waals surface area contributed by atoms with Crippen LogP contribution in [0.1, 0.15) is 23.2 Å². The van der Waals surface area contributed by atoms with Crippen LogP contribution in [0.5, 0.6) is 0 Å². The minimum absolute atomic E-state index is 0.130. The van der Waals surface area contributed by atoms with E-state index < -0.39 is 0 Å². The number of nitrogens with zero attached hydrogens (tertiary/aromatic N) is 8. The fourth-order valence-corrected chi connectivity index (χ4v) is 4.74. The normalized spacial score (nSPS) is 21.7. The Kier molecular flexibility index (Phi) is 3.92. The molecule has 10 nitrogen and oxygen atoms in total. The number of hydrogen-bond donors (Lipinski definition) is 0. The summed E-state index contributed by atoms with van der Waals surface area (Å²) in [5, 5.41) is 13.0. The molecule has 1 saturated carbocycles. The molecule has 11 heteroatoms. The molecule has 32 heavy (non-hydrogen) atoms. The van der Waals surface area contributed by atoms with Crippen molar-refractivity contribution in [2.45, 2.75) is 12.5 Å². The first kappa shape index (κ1) is 18.7. The van der Waals surface area contributed by atoms with Crippen molar-refractivity contribution in [3.63, 3.8) is 0 Å². The first-order chi connectivity index (χ1) is 15.5. The number of aromatic nitrogens is 6. The highest BCUT2D eigenvalue weighted by molar-refractivity contribution is 5.68. The third-order valence-electron chi connectivity index (χ3n) is 6.40. The van der Waals surface area contributed by atoms with Gasteiger partial charge < -0.3 is 14.0 Å². The first-order valence-corrected chi connectivity index (χ1v) is 10.2. The number of aryl methyl sites for hydroxylation is 1. The fourth-order valence-electron chi connectivity index (χ4n) is 4.74. The van der Waals surface area contributed by atoms with Gasteiger partial charge in [0.1, 0.15) is 18.7 Å². The zero-order valence-corrected chi connectivity index (χ0v) is 17.0. The van der Waals surface area contributed by atoms with Gasteiger partial charge in [-0.15, -0.1) is 0 Å². The Labute approximate surface area is 180 Å². The van der Waals surface area contributed by atoms with Gasteiger partial charge in [-0.3, -0.25) is 9.36 Å². The Morgan fingerprint density at radius 2 is 2.03 bits per heavy atom. The van der Waals surface area contributed by atoms with Gasteiger partial charge in [-0.05, 0) is 30.0 Å². The largest absolute Gasteiger partial charge is 0.369 e. The Morgan fingerprint density at radius 3 is 2.78 bits per heavy atom. The van der Waals surface area contributed by atoms with Crippen molar-refractivity contribution in [2.24, 2.45) is 18.9 Å². The molecule has 1 aromatic carbocycles. The molecule has 3 atom stereocenters. The van der Waals surface area contributed by atoms with E-state index in [-0.39, 0.29) is 23.8 Å². The van der Waals surface area contributed by atoms with E-state index in [1.807, 2.05) is 11.0 Å². The maximum absolute atomic E-state index is 14.3. The Morgan fingerprint density at radius 1 is 1.25 bits per heavy atom. The second-order valence-corrected chi connectivity index (χ2v) is 8.29. The quantitative estimate of drug-likeness (QED) is 0.475. The van der Waals surface area contributed by atoms with Crippen molar-refractivity contribution < 1.29 is 8.91 Å². The topological polar surface area (TPSA) is 119 Å². The summed E-state index contributed by atoms with van der Waals surface area (Å²) in [6.07, 6.45) is 2.98. The van der Waals surface area contributed by atoms with E-state index in [2.05, 4.69) is 20.1 Å². The molecule has 0 amide bonds. The van der Waals surface area contributed by atoms with Crippen LogP contribution in [0, 0.1) is 29.0 Å². The molecule has 1 saturated heterocycles. The number of anilines is 1. The summed E-state index contributed by atoms with van der Waals surface area (Å²) in [5.41, 5.74) is 1.41. The van der Waals surface area contributed by atoms with Crippen molar-refractivity contribution in [1.82, 2.24) is 29.2 Å². The van der Waals surface area contributed by atoms with E-state index in [4.69, 9.17) is 9.78 Å². The smallest absolute Gasteiger partial charge is 0.280 e. The van der Waals surface area contributed by atoms with Crippen molar-refractivity contribution in [1.29, 1.82) is 5.26 Å². The average molecular weight is 432 g/mol. The minimum atomic E-state index is -0.381. The van der Waals surface area contributed by atoms with Crippen molar-refractivity contribution in [3.05, 3.63) is 64.3 Å². The molecular formula is C21H17FN8O2. The van der Waals surface area contributed by atoms with Crippen molar-refractivity contribution in [2.75, 3.05) is 18.0 Å². The maximum atomic E-state index is 14.3. The molecule has 6 rings (SSSR count). The van der Waals surface area contributed by atoms with Gasteiger partial charge in [-0.2, -0.15) is 10.2 Å². The van der Waals surface area contributed by atoms with Crippen LogP contribution in [0.2, 0.25) is 0 Å². The summed E-state index contributed by atoms with van der Waals surface area (Å²) >= 11 is 0. The summed E-state index contributed by atoms with van der Waals surface area (Å²) in [5.74, 6) is 1.40. The maximum Gasteiger partial charge on any atom is 0.280 e. The molecule has 0 radical (unpaired) electrons. The highest BCUT2D eigenvalue weighted by Gasteiger charge is 2.58. The van der Waals surface area contributed by atoms with E-state index in [1.54, 1.807) is 30.1 Å². The van der Waals surface area contributed by atoms with Gasteiger partial charge in [-0.25, -0.2) is 14.4 Å². The van der Waals surface area contributed by atoms with Crippen LogP contribution >= 0.6 is 0 Å². The number of piperidine rings is 1. The third-order valence-corrected chi connectivity index (χ3v) is 6.40. The molecule has 1 unspecified atom stereocenters. The number of imidazole rings is 1. The second-order valence-electron chi connectivity index (χ2n) is 8.29. The monoisotopic (exact) mass is 432 g/mol. The first-order valence-electron chi connectivity index (χ1n) is 10.2. The average Bonchev–Trinajstić information content (AvgIpc) is 3.20. The van der Waals surface area contributed by atoms with Gasteiger partial charge in [0.25, 0.3) is 5.56 Å². The number of benzene rings is 1. The number of hydrogen-bond acceptors (Lipinski definition) is 8. The van der Waals surface area contributed by atoms with Crippen molar-refractivity contribution >= 4 is 16.9 Å². The van der Waals surface area contributed by atoms with Crippen LogP contribution in [0.3, 0.4) is 0 Å². The van der Waals surface area contributed by atoms with Gasteiger partial charge in [-0.1, -0.05) is 5.16 Å². The fraction of sp³-hybridized carbons (Fsp3) is 0.333. The van der Waals surface area contributed by atoms with Gasteiger partial charge >= 0.3 is 0 Å². The molecule has 0 spiro atoms. The summed E-state index contributed by atoms with van der Waals surface area (Å²) in [6, 6.07) is 6.50. The van der Waals surface area contributed by atoms with E-state index in [1.165, 1.54) is 17.0 Å². The van der Waals surface area contributed by atoms with Crippen molar-refractivity contribution in [3.8, 4) is 6.07 Å². The van der Waals surface area contributed by atoms with E-state index in [0.717, 1.165) is 0 Å². The molecule has 4 heterocycles. The SMILES string of the molecule is Cn1cnc2ncn(Cc3nc(C4[C@H]5CN(c6ccc(C#N)cc6F)C[C@@H]45)no3)c(=O)c21. The van der Waals surface area contributed by atoms with Gasteiger partial charge in [0.2, 0.25) is 5.89 Å². The summed E-state index contributed by atoms with van der Waals surface area (Å²) < 4.78 is 22.8. The molecule has 4 aromatic rings. The lowest BCUT2D eigenvalue weighted by atomic mass is 10.2. The van der Waals surface area contributed by atoms with E-state index in [9.17, 15) is 9.18 Å². The predicted molar refractivity (Wildman–Crippen MR) is 109 cm³/mol. The van der Waals surface area contributed by atoms with Crippen LogP contribution in [0.4, 0.5) is 10.1 Å². The minimum Gasteiger partial charge on any atom is -0.369 e. The van der Waals surface area contributed by atoms with E-state index >= 15 is 0 Å². The Bertz CT molecular complexity index is 1450. The number of nitriles is 1. The lowest BCUT2D eigenvalue weighted by molar-refractivity contribution is 0.363. The molecule has 2 aliphatic rings. The van der Waals surface area contributed by atoms with Crippen LogP contribution < -0.4 is 10.5 Å². The predicted octanol–water partition coefficient (Wildman–Crippen LogP) is 1.42.